The van der Waals surface area contributed by atoms with Crippen molar-refractivity contribution in [2.75, 3.05) is 19.6 Å². The standard InChI is InChI=1S/C18H20BrN3O3S/c1-2-22(12-13-6-4-3-5-7-13)17(24)11-20-16(23)10-21-18(25)14-8-9-15(19)26-14/h3-9H,2,10-12H2,1H3,(H,20,23)(H,21,25). The number of hydrogen-bond donors (Lipinski definition) is 2. The molecule has 1 heterocycles. The van der Waals surface area contributed by atoms with Gasteiger partial charge in [-0.15, -0.1) is 11.3 Å². The highest BCUT2D eigenvalue weighted by atomic mass is 79.9. The van der Waals surface area contributed by atoms with Gasteiger partial charge in [0.25, 0.3) is 5.91 Å². The van der Waals surface area contributed by atoms with E-state index in [1.54, 1.807) is 17.0 Å². The number of halogens is 1. The van der Waals surface area contributed by atoms with E-state index in [1.807, 2.05) is 37.3 Å². The Bertz CT molecular complexity index is 764. The molecule has 1 aromatic heterocycles. The molecule has 8 heteroatoms. The number of carbonyl (C=O) groups excluding carboxylic acids is 3. The summed E-state index contributed by atoms with van der Waals surface area (Å²) in [4.78, 5) is 38.2. The zero-order chi connectivity index (χ0) is 18.9. The molecule has 0 spiro atoms. The lowest BCUT2D eigenvalue weighted by molar-refractivity contribution is -0.133. The van der Waals surface area contributed by atoms with Gasteiger partial charge in [-0.25, -0.2) is 0 Å². The van der Waals surface area contributed by atoms with Crippen LogP contribution < -0.4 is 10.6 Å². The molecule has 0 aliphatic carbocycles. The Morgan fingerprint density at radius 2 is 1.77 bits per heavy atom. The maximum Gasteiger partial charge on any atom is 0.261 e. The summed E-state index contributed by atoms with van der Waals surface area (Å²) in [6.45, 7) is 2.66. The topological polar surface area (TPSA) is 78.5 Å². The predicted molar refractivity (Wildman–Crippen MR) is 105 cm³/mol. The molecule has 6 nitrogen and oxygen atoms in total. The maximum absolute atomic E-state index is 12.3. The van der Waals surface area contributed by atoms with Gasteiger partial charge in [0.05, 0.1) is 21.8 Å². The summed E-state index contributed by atoms with van der Waals surface area (Å²) < 4.78 is 0.843. The molecule has 0 bridgehead atoms. The van der Waals surface area contributed by atoms with Crippen LogP contribution in [0.2, 0.25) is 0 Å². The lowest BCUT2D eigenvalue weighted by Crippen LogP contribution is -2.43. The third kappa shape index (κ3) is 6.27. The van der Waals surface area contributed by atoms with Crippen LogP contribution in [-0.2, 0) is 16.1 Å². The predicted octanol–water partition coefficient (Wildman–Crippen LogP) is 2.41. The van der Waals surface area contributed by atoms with Crippen molar-refractivity contribution in [1.82, 2.24) is 15.5 Å². The van der Waals surface area contributed by atoms with Gasteiger partial charge in [-0.05, 0) is 40.5 Å². The molecule has 2 rings (SSSR count). The minimum absolute atomic E-state index is 0.0973. The average Bonchev–Trinajstić information content (AvgIpc) is 3.09. The molecular weight excluding hydrogens is 418 g/mol. The molecular formula is C18H20BrN3O3S. The minimum Gasteiger partial charge on any atom is -0.345 e. The van der Waals surface area contributed by atoms with E-state index in [4.69, 9.17) is 0 Å². The Hall–Kier alpha value is -2.19. The van der Waals surface area contributed by atoms with E-state index < -0.39 is 5.91 Å². The first-order valence-electron chi connectivity index (χ1n) is 8.11. The SMILES string of the molecule is CCN(Cc1ccccc1)C(=O)CNC(=O)CNC(=O)c1ccc(Br)s1. The zero-order valence-electron chi connectivity index (χ0n) is 14.3. The fourth-order valence-electron chi connectivity index (χ4n) is 2.21. The molecule has 0 aliphatic heterocycles. The number of thiophene rings is 1. The van der Waals surface area contributed by atoms with Crippen molar-refractivity contribution >= 4 is 45.0 Å². The first-order chi connectivity index (χ1) is 12.5. The normalized spacial score (nSPS) is 10.2. The summed E-state index contributed by atoms with van der Waals surface area (Å²) in [5, 5.41) is 5.08. The molecule has 3 amide bonds. The fourth-order valence-corrected chi connectivity index (χ4v) is 3.52. The summed E-state index contributed by atoms with van der Waals surface area (Å²) >= 11 is 4.57. The van der Waals surface area contributed by atoms with E-state index in [-0.39, 0.29) is 24.9 Å². The first-order valence-corrected chi connectivity index (χ1v) is 9.72. The molecule has 0 fully saturated rings. The molecule has 0 unspecified atom stereocenters. The smallest absolute Gasteiger partial charge is 0.261 e. The van der Waals surface area contributed by atoms with Gasteiger partial charge in [-0.2, -0.15) is 0 Å². The zero-order valence-corrected chi connectivity index (χ0v) is 16.7. The van der Waals surface area contributed by atoms with Gasteiger partial charge >= 0.3 is 0 Å². The Kier molecular flexibility index (Phi) is 7.80. The van der Waals surface area contributed by atoms with Gasteiger partial charge < -0.3 is 15.5 Å². The van der Waals surface area contributed by atoms with E-state index in [9.17, 15) is 14.4 Å². The first kappa shape index (κ1) is 20.1. The molecule has 0 radical (unpaired) electrons. The second kappa shape index (κ2) is 10.1. The molecule has 1 aromatic carbocycles. The monoisotopic (exact) mass is 437 g/mol. The Morgan fingerprint density at radius 3 is 2.38 bits per heavy atom. The van der Waals surface area contributed by atoms with Crippen LogP contribution in [0.1, 0.15) is 22.2 Å². The van der Waals surface area contributed by atoms with E-state index in [1.165, 1.54) is 11.3 Å². The number of benzene rings is 1. The number of carbonyl (C=O) groups is 3. The van der Waals surface area contributed by atoms with Crippen molar-refractivity contribution in [3.05, 3.63) is 56.7 Å². The lowest BCUT2D eigenvalue weighted by Gasteiger charge is -2.21. The maximum atomic E-state index is 12.3. The number of nitrogens with zero attached hydrogens (tertiary/aromatic N) is 1. The third-order valence-corrected chi connectivity index (χ3v) is 5.22. The molecule has 0 aliphatic rings. The summed E-state index contributed by atoms with van der Waals surface area (Å²) in [6.07, 6.45) is 0. The van der Waals surface area contributed by atoms with Gasteiger partial charge in [0, 0.05) is 13.1 Å². The molecule has 0 saturated carbocycles. The van der Waals surface area contributed by atoms with Gasteiger partial charge in [0.15, 0.2) is 0 Å². The summed E-state index contributed by atoms with van der Waals surface area (Å²) in [5.74, 6) is -0.891. The van der Waals surface area contributed by atoms with Crippen LogP contribution in [0, 0.1) is 0 Å². The second-order valence-electron chi connectivity index (χ2n) is 5.46. The van der Waals surface area contributed by atoms with Crippen LogP contribution >= 0.6 is 27.3 Å². The Balaban J connectivity index is 1.74. The van der Waals surface area contributed by atoms with Crippen molar-refractivity contribution < 1.29 is 14.4 Å². The number of rotatable bonds is 8. The van der Waals surface area contributed by atoms with Crippen LogP contribution in [0.15, 0.2) is 46.3 Å². The van der Waals surface area contributed by atoms with Crippen LogP contribution in [0.3, 0.4) is 0 Å². The van der Waals surface area contributed by atoms with Gasteiger partial charge in [-0.1, -0.05) is 30.3 Å². The second-order valence-corrected chi connectivity index (χ2v) is 7.92. The van der Waals surface area contributed by atoms with E-state index >= 15 is 0 Å². The third-order valence-electron chi connectivity index (χ3n) is 3.59. The van der Waals surface area contributed by atoms with Crippen LogP contribution in [0.25, 0.3) is 0 Å². The van der Waals surface area contributed by atoms with Crippen molar-refractivity contribution in [1.29, 1.82) is 0 Å². The quantitative estimate of drug-likeness (QED) is 0.665. The molecule has 26 heavy (non-hydrogen) atoms. The largest absolute Gasteiger partial charge is 0.345 e. The highest BCUT2D eigenvalue weighted by molar-refractivity contribution is 9.11. The van der Waals surface area contributed by atoms with E-state index in [0.717, 1.165) is 9.35 Å². The lowest BCUT2D eigenvalue weighted by atomic mass is 10.2. The summed E-state index contributed by atoms with van der Waals surface area (Å²) in [5.41, 5.74) is 1.03. The number of hydrogen-bond acceptors (Lipinski definition) is 4. The number of amides is 3. The van der Waals surface area contributed by atoms with Gasteiger partial charge in [0.1, 0.15) is 0 Å². The summed E-state index contributed by atoms with van der Waals surface area (Å²) in [7, 11) is 0. The highest BCUT2D eigenvalue weighted by Crippen LogP contribution is 2.21. The minimum atomic E-state index is -0.405. The molecule has 0 saturated heterocycles. The van der Waals surface area contributed by atoms with Crippen LogP contribution in [0.5, 0.6) is 0 Å². The van der Waals surface area contributed by atoms with Crippen LogP contribution in [0.4, 0.5) is 0 Å². The van der Waals surface area contributed by atoms with E-state index in [2.05, 4.69) is 26.6 Å². The number of nitrogens with one attached hydrogen (secondary N) is 2. The van der Waals surface area contributed by atoms with Gasteiger partial charge in [-0.3, -0.25) is 14.4 Å². The van der Waals surface area contributed by atoms with Crippen LogP contribution in [-0.4, -0.2) is 42.3 Å². The molecule has 0 atom stereocenters. The number of likely N-dealkylation sites (N-methyl/N-ethyl adjacent to an activating group) is 1. The summed E-state index contributed by atoms with van der Waals surface area (Å²) in [6, 6.07) is 13.1. The average molecular weight is 438 g/mol. The van der Waals surface area contributed by atoms with Crippen molar-refractivity contribution in [2.24, 2.45) is 0 Å². The fraction of sp³-hybridized carbons (Fsp3) is 0.278. The van der Waals surface area contributed by atoms with Crippen molar-refractivity contribution in [3.8, 4) is 0 Å². The molecule has 2 aromatic rings. The van der Waals surface area contributed by atoms with E-state index in [0.29, 0.717) is 18.0 Å². The van der Waals surface area contributed by atoms with Crippen molar-refractivity contribution in [3.63, 3.8) is 0 Å². The van der Waals surface area contributed by atoms with Crippen molar-refractivity contribution in [2.45, 2.75) is 13.5 Å². The Labute approximate surface area is 164 Å². The Morgan fingerprint density at radius 1 is 1.04 bits per heavy atom. The molecule has 2 N–H and O–H groups in total. The molecule has 138 valence electrons. The van der Waals surface area contributed by atoms with Gasteiger partial charge in [0.2, 0.25) is 11.8 Å². The highest BCUT2D eigenvalue weighted by Gasteiger charge is 2.14.